The topological polar surface area (TPSA) is 69.6 Å². The molecule has 1 aromatic heterocycles. The van der Waals surface area contributed by atoms with Crippen molar-refractivity contribution in [3.63, 3.8) is 0 Å². The predicted molar refractivity (Wildman–Crippen MR) is 98.8 cm³/mol. The highest BCUT2D eigenvalue weighted by atomic mass is 32.1. The molecule has 0 unspecified atom stereocenters. The molecule has 3 rings (SSSR count). The van der Waals surface area contributed by atoms with Crippen molar-refractivity contribution in [2.75, 3.05) is 0 Å². The summed E-state index contributed by atoms with van der Waals surface area (Å²) in [5.74, 6) is 0. The molecule has 0 aliphatic rings. The van der Waals surface area contributed by atoms with Crippen LogP contribution in [0, 0.1) is 22.7 Å². The average molecular weight is 397 g/mol. The second kappa shape index (κ2) is 7.55. The number of nitrogens with zero attached hydrogens (tertiary/aromatic N) is 3. The number of hydrogen-bond acceptors (Lipinski definition) is 4. The van der Waals surface area contributed by atoms with Crippen LogP contribution in [-0.2, 0) is 6.18 Å². The maximum absolute atomic E-state index is 12.9. The first-order valence-electron chi connectivity index (χ1n) is 7.86. The first-order chi connectivity index (χ1) is 13.3. The summed E-state index contributed by atoms with van der Waals surface area (Å²) in [5, 5.41) is 18.4. The van der Waals surface area contributed by atoms with Gasteiger partial charge in [0, 0.05) is 0 Å². The van der Waals surface area contributed by atoms with E-state index in [0.717, 1.165) is 23.5 Å². The highest BCUT2D eigenvalue weighted by Crippen LogP contribution is 2.29. The lowest BCUT2D eigenvalue weighted by Gasteiger charge is -2.06. The number of benzene rings is 2. The Morgan fingerprint density at radius 3 is 2.32 bits per heavy atom. The fourth-order valence-corrected chi connectivity index (χ4v) is 3.59. The molecule has 3 aromatic rings. The Balaban J connectivity index is 2.33. The molecular weight excluding hydrogens is 387 g/mol. The maximum Gasteiger partial charge on any atom is 0.416 e. The SMILES string of the molecule is N#CC(C#N)=c1s/c(=C\c2cccc(C(F)(F)F)c2)c(=O)n1-c1ccccc1. The van der Waals surface area contributed by atoms with E-state index in [0.29, 0.717) is 5.69 Å². The number of thiazole rings is 1. The van der Waals surface area contributed by atoms with E-state index >= 15 is 0 Å². The van der Waals surface area contributed by atoms with Gasteiger partial charge in [-0.3, -0.25) is 9.36 Å². The normalized spacial score (nSPS) is 11.7. The van der Waals surface area contributed by atoms with Crippen molar-refractivity contribution in [1.82, 2.24) is 4.57 Å². The van der Waals surface area contributed by atoms with E-state index in [1.165, 1.54) is 22.8 Å². The van der Waals surface area contributed by atoms with Gasteiger partial charge in [0.05, 0.1) is 15.8 Å². The predicted octanol–water partition coefficient (Wildman–Crippen LogP) is 2.94. The van der Waals surface area contributed by atoms with Gasteiger partial charge in [0.25, 0.3) is 5.56 Å². The van der Waals surface area contributed by atoms with Crippen LogP contribution in [0.1, 0.15) is 11.1 Å². The number of halogens is 3. The van der Waals surface area contributed by atoms with Gasteiger partial charge >= 0.3 is 6.18 Å². The van der Waals surface area contributed by atoms with Crippen LogP contribution in [0.25, 0.3) is 17.3 Å². The van der Waals surface area contributed by atoms with Gasteiger partial charge < -0.3 is 0 Å². The first kappa shape index (κ1) is 19.2. The fraction of sp³-hybridized carbons (Fsp3) is 0.0500. The number of nitriles is 2. The zero-order chi connectivity index (χ0) is 20.3. The summed E-state index contributed by atoms with van der Waals surface area (Å²) in [6, 6.07) is 16.5. The molecule has 0 atom stereocenters. The summed E-state index contributed by atoms with van der Waals surface area (Å²) in [7, 11) is 0. The molecule has 0 bridgehead atoms. The van der Waals surface area contributed by atoms with Crippen molar-refractivity contribution in [3.8, 4) is 17.8 Å². The van der Waals surface area contributed by atoms with Gasteiger partial charge in [0.2, 0.25) is 0 Å². The van der Waals surface area contributed by atoms with Crippen molar-refractivity contribution in [1.29, 1.82) is 10.5 Å². The monoisotopic (exact) mass is 397 g/mol. The summed E-state index contributed by atoms with van der Waals surface area (Å²) in [4.78, 5) is 12.9. The summed E-state index contributed by atoms with van der Waals surface area (Å²) >= 11 is 0.878. The molecule has 8 heteroatoms. The molecule has 4 nitrogen and oxygen atoms in total. The molecule has 0 amide bonds. The summed E-state index contributed by atoms with van der Waals surface area (Å²) in [6.45, 7) is 0. The van der Waals surface area contributed by atoms with E-state index in [4.69, 9.17) is 0 Å². The average Bonchev–Trinajstić information content (AvgIpc) is 2.99. The second-order valence-electron chi connectivity index (χ2n) is 5.61. The third-order valence-corrected chi connectivity index (χ3v) is 4.88. The van der Waals surface area contributed by atoms with Crippen molar-refractivity contribution in [3.05, 3.63) is 85.3 Å². The molecule has 138 valence electrons. The van der Waals surface area contributed by atoms with Crippen LogP contribution in [0.3, 0.4) is 0 Å². The number of alkyl halides is 3. The first-order valence-corrected chi connectivity index (χ1v) is 8.67. The van der Waals surface area contributed by atoms with Crippen LogP contribution in [0.5, 0.6) is 0 Å². The van der Waals surface area contributed by atoms with Gasteiger partial charge in [-0.2, -0.15) is 23.7 Å². The van der Waals surface area contributed by atoms with Crippen molar-refractivity contribution in [2.24, 2.45) is 0 Å². The maximum atomic E-state index is 12.9. The smallest absolute Gasteiger partial charge is 0.267 e. The van der Waals surface area contributed by atoms with Gasteiger partial charge in [-0.1, -0.05) is 30.3 Å². The van der Waals surface area contributed by atoms with Crippen LogP contribution in [0.2, 0.25) is 0 Å². The van der Waals surface area contributed by atoms with Gasteiger partial charge in [-0.15, -0.1) is 11.3 Å². The number of rotatable bonds is 2. The quantitative estimate of drug-likeness (QED) is 0.668. The third-order valence-electron chi connectivity index (χ3n) is 3.79. The Labute approximate surface area is 161 Å². The van der Waals surface area contributed by atoms with Gasteiger partial charge in [0.15, 0.2) is 5.57 Å². The molecule has 0 radical (unpaired) electrons. The highest BCUT2D eigenvalue weighted by molar-refractivity contribution is 7.07. The van der Waals surface area contributed by atoms with E-state index in [1.54, 1.807) is 42.5 Å². The molecule has 0 saturated carbocycles. The fourth-order valence-electron chi connectivity index (χ4n) is 2.54. The molecule has 2 aromatic carbocycles. The Hall–Kier alpha value is -3.62. The minimum atomic E-state index is -4.50. The number of hydrogen-bond donors (Lipinski definition) is 0. The van der Waals surface area contributed by atoms with E-state index in [2.05, 4.69) is 0 Å². The highest BCUT2D eigenvalue weighted by Gasteiger charge is 2.30. The molecule has 1 heterocycles. The summed E-state index contributed by atoms with van der Waals surface area (Å²) in [5.41, 5.74) is -0.968. The van der Waals surface area contributed by atoms with Crippen molar-refractivity contribution < 1.29 is 13.2 Å². The van der Waals surface area contributed by atoms with Crippen LogP contribution in [0.4, 0.5) is 13.2 Å². The Kier molecular flexibility index (Phi) is 5.16. The molecule has 0 aliphatic carbocycles. The zero-order valence-electron chi connectivity index (χ0n) is 14.1. The van der Waals surface area contributed by atoms with Gasteiger partial charge in [-0.25, -0.2) is 0 Å². The van der Waals surface area contributed by atoms with Crippen LogP contribution in [0.15, 0.2) is 59.4 Å². The van der Waals surface area contributed by atoms with Crippen molar-refractivity contribution >= 4 is 23.0 Å². The molecule has 0 fully saturated rings. The molecule has 28 heavy (non-hydrogen) atoms. The second-order valence-corrected chi connectivity index (χ2v) is 6.64. The lowest BCUT2D eigenvalue weighted by atomic mass is 10.1. The lowest BCUT2D eigenvalue weighted by Crippen LogP contribution is -2.30. The minimum absolute atomic E-state index is 0.112. The zero-order valence-corrected chi connectivity index (χ0v) is 14.9. The standard InChI is InChI=1S/C20H10F3N3OS/c21-20(22,23)15-6-4-5-13(9-15)10-17-18(27)26(16-7-2-1-3-8-16)19(28-17)14(11-24)12-25/h1-10H/b17-10-. The molecule has 0 saturated heterocycles. The van der Waals surface area contributed by atoms with Gasteiger partial charge in [0.1, 0.15) is 16.8 Å². The molecule has 0 N–H and O–H groups in total. The third kappa shape index (κ3) is 3.73. The molecule has 0 spiro atoms. The van der Waals surface area contributed by atoms with E-state index in [9.17, 15) is 28.5 Å². The molecular formula is C20H10F3N3OS. The summed E-state index contributed by atoms with van der Waals surface area (Å²) in [6.07, 6.45) is -3.19. The van der Waals surface area contributed by atoms with Crippen LogP contribution >= 0.6 is 11.3 Å². The minimum Gasteiger partial charge on any atom is -0.267 e. The van der Waals surface area contributed by atoms with Crippen LogP contribution in [-0.4, -0.2) is 4.57 Å². The van der Waals surface area contributed by atoms with E-state index < -0.39 is 17.3 Å². The molecule has 0 aliphatic heterocycles. The van der Waals surface area contributed by atoms with Crippen molar-refractivity contribution in [2.45, 2.75) is 6.18 Å². The van der Waals surface area contributed by atoms with Crippen LogP contribution < -0.4 is 14.8 Å². The summed E-state index contributed by atoms with van der Waals surface area (Å²) < 4.78 is 40.2. The van der Waals surface area contributed by atoms with E-state index in [-0.39, 0.29) is 20.3 Å². The van der Waals surface area contributed by atoms with E-state index in [1.807, 2.05) is 0 Å². The lowest BCUT2D eigenvalue weighted by molar-refractivity contribution is -0.137. The Bertz CT molecular complexity index is 1270. The number of aromatic nitrogens is 1. The van der Waals surface area contributed by atoms with Gasteiger partial charge in [-0.05, 0) is 35.9 Å². The Morgan fingerprint density at radius 1 is 1.04 bits per heavy atom. The largest absolute Gasteiger partial charge is 0.416 e. The number of para-hydroxylation sites is 1. The Morgan fingerprint density at radius 2 is 1.71 bits per heavy atom.